The minimum atomic E-state index is -0.175. The number of carbonyl (C=O) groups excluding carboxylic acids is 1. The topological polar surface area (TPSA) is 74.0 Å². The van der Waals surface area contributed by atoms with E-state index >= 15 is 0 Å². The molecule has 2 aromatic heterocycles. The van der Waals surface area contributed by atoms with Gasteiger partial charge in [-0.05, 0) is 32.4 Å². The first kappa shape index (κ1) is 18.7. The van der Waals surface area contributed by atoms with Crippen LogP contribution in [-0.2, 0) is 6.54 Å². The number of benzene rings is 1. The second-order valence-corrected chi connectivity index (χ2v) is 6.51. The molecule has 3 rings (SSSR count). The smallest absolute Gasteiger partial charge is 0.255 e. The predicted octanol–water partition coefficient (Wildman–Crippen LogP) is 3.29. The molecule has 0 aliphatic carbocycles. The zero-order valence-corrected chi connectivity index (χ0v) is 16.1. The van der Waals surface area contributed by atoms with Crippen LogP contribution in [0.25, 0.3) is 5.69 Å². The number of carbonyl (C=O) groups is 1. The van der Waals surface area contributed by atoms with Crippen LogP contribution in [0.15, 0.2) is 42.9 Å². The van der Waals surface area contributed by atoms with Crippen LogP contribution >= 0.6 is 0 Å². The molecule has 0 aliphatic rings. The van der Waals surface area contributed by atoms with E-state index in [1.165, 1.54) is 0 Å². The van der Waals surface area contributed by atoms with Crippen molar-refractivity contribution in [3.05, 3.63) is 59.7 Å². The number of nitrogens with zero attached hydrogens (tertiary/aromatic N) is 4. The summed E-state index contributed by atoms with van der Waals surface area (Å²) in [5.74, 6) is 0.641. The van der Waals surface area contributed by atoms with Crippen molar-refractivity contribution in [2.45, 2.75) is 39.8 Å². The fourth-order valence-electron chi connectivity index (χ4n) is 2.90. The normalized spacial score (nSPS) is 12.0. The monoisotopic (exact) mass is 367 g/mol. The van der Waals surface area contributed by atoms with Gasteiger partial charge in [0.15, 0.2) is 0 Å². The lowest BCUT2D eigenvalue weighted by Gasteiger charge is -2.11. The molecule has 1 N–H and O–H groups in total. The van der Waals surface area contributed by atoms with Crippen LogP contribution in [0.1, 0.15) is 47.9 Å². The van der Waals surface area contributed by atoms with Crippen molar-refractivity contribution in [2.75, 3.05) is 7.11 Å². The molecule has 0 unspecified atom stereocenters. The number of methoxy groups -OCH3 is 1. The van der Waals surface area contributed by atoms with E-state index < -0.39 is 0 Å². The molecule has 0 fully saturated rings. The maximum Gasteiger partial charge on any atom is 0.255 e. The molecule has 0 saturated heterocycles. The molecule has 1 aromatic carbocycles. The molecular weight excluding hydrogens is 342 g/mol. The Morgan fingerprint density at radius 1 is 1.33 bits per heavy atom. The number of ether oxygens (including phenoxy) is 1. The summed E-state index contributed by atoms with van der Waals surface area (Å²) in [4.78, 5) is 12.6. The summed E-state index contributed by atoms with van der Waals surface area (Å²) in [5.41, 5.74) is 3.16. The highest BCUT2D eigenvalue weighted by Crippen LogP contribution is 2.19. The SMILES string of the molecule is CCCn1cc(C(=O)N[C@@H](C)c2cnn(-c3cccc(OC)c3)c2)c(C)n1. The van der Waals surface area contributed by atoms with E-state index in [2.05, 4.69) is 22.4 Å². The minimum absolute atomic E-state index is 0.128. The second kappa shape index (κ2) is 8.07. The minimum Gasteiger partial charge on any atom is -0.497 e. The molecule has 0 aliphatic heterocycles. The van der Waals surface area contributed by atoms with Crippen LogP contribution in [0.3, 0.4) is 0 Å². The summed E-state index contributed by atoms with van der Waals surface area (Å²) in [5, 5.41) is 11.8. The van der Waals surface area contributed by atoms with Gasteiger partial charge in [0.2, 0.25) is 0 Å². The maximum absolute atomic E-state index is 12.6. The fourth-order valence-corrected chi connectivity index (χ4v) is 2.90. The molecule has 142 valence electrons. The molecule has 7 nitrogen and oxygen atoms in total. The summed E-state index contributed by atoms with van der Waals surface area (Å²) in [7, 11) is 1.63. The fraction of sp³-hybridized carbons (Fsp3) is 0.350. The van der Waals surface area contributed by atoms with Crippen LogP contribution in [0.4, 0.5) is 0 Å². The van der Waals surface area contributed by atoms with Crippen molar-refractivity contribution in [3.8, 4) is 11.4 Å². The first-order valence-electron chi connectivity index (χ1n) is 9.05. The van der Waals surface area contributed by atoms with Gasteiger partial charge >= 0.3 is 0 Å². The number of nitrogens with one attached hydrogen (secondary N) is 1. The summed E-state index contributed by atoms with van der Waals surface area (Å²) >= 11 is 0. The Morgan fingerprint density at radius 3 is 2.89 bits per heavy atom. The van der Waals surface area contributed by atoms with Gasteiger partial charge in [0, 0.05) is 30.6 Å². The predicted molar refractivity (Wildman–Crippen MR) is 103 cm³/mol. The van der Waals surface area contributed by atoms with Crippen LogP contribution in [0.2, 0.25) is 0 Å². The van der Waals surface area contributed by atoms with Crippen molar-refractivity contribution in [1.29, 1.82) is 0 Å². The highest BCUT2D eigenvalue weighted by atomic mass is 16.5. The van der Waals surface area contributed by atoms with Gasteiger partial charge in [-0.2, -0.15) is 10.2 Å². The van der Waals surface area contributed by atoms with E-state index in [-0.39, 0.29) is 11.9 Å². The molecule has 1 amide bonds. The summed E-state index contributed by atoms with van der Waals surface area (Å²) in [6.45, 7) is 6.68. The first-order valence-corrected chi connectivity index (χ1v) is 9.05. The van der Waals surface area contributed by atoms with Gasteiger partial charge in [-0.15, -0.1) is 0 Å². The summed E-state index contributed by atoms with van der Waals surface area (Å²) in [6, 6.07) is 7.49. The van der Waals surface area contributed by atoms with Crippen LogP contribution in [-0.4, -0.2) is 32.6 Å². The van der Waals surface area contributed by atoms with E-state index in [1.807, 2.05) is 49.0 Å². The molecule has 0 radical (unpaired) electrons. The molecule has 1 atom stereocenters. The summed E-state index contributed by atoms with van der Waals surface area (Å²) < 4.78 is 8.84. The van der Waals surface area contributed by atoms with E-state index in [0.717, 1.165) is 35.7 Å². The molecule has 2 heterocycles. The van der Waals surface area contributed by atoms with Gasteiger partial charge in [0.05, 0.1) is 36.3 Å². The molecule has 3 aromatic rings. The van der Waals surface area contributed by atoms with Crippen LogP contribution in [0.5, 0.6) is 5.75 Å². The van der Waals surface area contributed by atoms with Gasteiger partial charge in [-0.25, -0.2) is 4.68 Å². The van der Waals surface area contributed by atoms with Crippen molar-refractivity contribution in [1.82, 2.24) is 24.9 Å². The largest absolute Gasteiger partial charge is 0.497 e. The lowest BCUT2D eigenvalue weighted by Crippen LogP contribution is -2.26. The van der Waals surface area contributed by atoms with Crippen molar-refractivity contribution in [2.24, 2.45) is 0 Å². The standard InChI is InChI=1S/C20H25N5O2/c1-5-9-24-13-19(15(3)23-24)20(26)22-14(2)16-11-21-25(12-16)17-7-6-8-18(10-17)27-4/h6-8,10-14H,5,9H2,1-4H3,(H,22,26)/t14-/m0/s1. The molecule has 7 heteroatoms. The number of amides is 1. The van der Waals surface area contributed by atoms with Crippen molar-refractivity contribution >= 4 is 5.91 Å². The summed E-state index contributed by atoms with van der Waals surface area (Å²) in [6.07, 6.45) is 6.45. The Morgan fingerprint density at radius 2 is 2.15 bits per heavy atom. The average molecular weight is 367 g/mol. The van der Waals surface area contributed by atoms with Crippen molar-refractivity contribution in [3.63, 3.8) is 0 Å². The van der Waals surface area contributed by atoms with Gasteiger partial charge in [0.25, 0.3) is 5.91 Å². The highest BCUT2D eigenvalue weighted by Gasteiger charge is 2.17. The van der Waals surface area contributed by atoms with E-state index in [1.54, 1.807) is 24.2 Å². The third kappa shape index (κ3) is 4.19. The second-order valence-electron chi connectivity index (χ2n) is 6.51. The third-order valence-corrected chi connectivity index (χ3v) is 4.41. The average Bonchev–Trinajstić information content (AvgIpc) is 3.29. The molecule has 0 bridgehead atoms. The molecular formula is C20H25N5O2. The quantitative estimate of drug-likeness (QED) is 0.695. The lowest BCUT2D eigenvalue weighted by molar-refractivity contribution is 0.0939. The van der Waals surface area contributed by atoms with E-state index in [9.17, 15) is 4.79 Å². The maximum atomic E-state index is 12.6. The molecule has 0 saturated carbocycles. The number of aryl methyl sites for hydroxylation is 2. The van der Waals surface area contributed by atoms with E-state index in [0.29, 0.717) is 5.56 Å². The highest BCUT2D eigenvalue weighted by molar-refractivity contribution is 5.95. The number of aromatic nitrogens is 4. The Hall–Kier alpha value is -3.09. The van der Waals surface area contributed by atoms with Crippen LogP contribution < -0.4 is 10.1 Å². The molecule has 27 heavy (non-hydrogen) atoms. The molecule has 0 spiro atoms. The Labute approximate surface area is 159 Å². The van der Waals surface area contributed by atoms with E-state index in [4.69, 9.17) is 4.74 Å². The number of hydrogen-bond acceptors (Lipinski definition) is 4. The Kier molecular flexibility index (Phi) is 5.59. The van der Waals surface area contributed by atoms with Gasteiger partial charge in [0.1, 0.15) is 5.75 Å². The van der Waals surface area contributed by atoms with Gasteiger partial charge in [-0.3, -0.25) is 9.48 Å². The Balaban J connectivity index is 1.72. The third-order valence-electron chi connectivity index (χ3n) is 4.41. The van der Waals surface area contributed by atoms with Crippen LogP contribution in [0, 0.1) is 6.92 Å². The first-order chi connectivity index (χ1) is 13.0. The lowest BCUT2D eigenvalue weighted by atomic mass is 10.1. The van der Waals surface area contributed by atoms with Crippen molar-refractivity contribution < 1.29 is 9.53 Å². The number of rotatable bonds is 7. The zero-order chi connectivity index (χ0) is 19.4. The van der Waals surface area contributed by atoms with Gasteiger partial charge < -0.3 is 10.1 Å². The van der Waals surface area contributed by atoms with Gasteiger partial charge in [-0.1, -0.05) is 13.0 Å². The number of hydrogen-bond donors (Lipinski definition) is 1. The Bertz CT molecular complexity index is 928. The zero-order valence-electron chi connectivity index (χ0n) is 16.1.